The number of benzene rings is 1. The molecule has 122 valence electrons. The number of thiazole rings is 1. The van der Waals surface area contributed by atoms with Crippen molar-refractivity contribution in [3.05, 3.63) is 23.6 Å². The summed E-state index contributed by atoms with van der Waals surface area (Å²) in [5.74, 6) is 2.48. The molecule has 0 bridgehead atoms. The molecule has 1 aromatic carbocycles. The highest BCUT2D eigenvalue weighted by atomic mass is 32.1. The van der Waals surface area contributed by atoms with Crippen LogP contribution in [0.4, 0.5) is 5.13 Å². The third-order valence-corrected chi connectivity index (χ3v) is 4.57. The Morgan fingerprint density at radius 2 is 1.96 bits per heavy atom. The molecule has 0 atom stereocenters. The summed E-state index contributed by atoms with van der Waals surface area (Å²) in [4.78, 5) is 9.25. The van der Waals surface area contributed by atoms with E-state index in [1.165, 1.54) is 19.3 Å². The molecule has 2 heterocycles. The van der Waals surface area contributed by atoms with E-state index in [4.69, 9.17) is 9.47 Å². The molecule has 6 heteroatoms. The van der Waals surface area contributed by atoms with E-state index >= 15 is 0 Å². The monoisotopic (exact) mass is 331 g/mol. The lowest BCUT2D eigenvalue weighted by atomic mass is 10.1. The van der Waals surface area contributed by atoms with Gasteiger partial charge >= 0.3 is 0 Å². The maximum Gasteiger partial charge on any atom is 0.188 e. The third kappa shape index (κ3) is 3.82. The van der Waals surface area contributed by atoms with Gasteiger partial charge < -0.3 is 14.8 Å². The van der Waals surface area contributed by atoms with Crippen molar-refractivity contribution in [1.29, 1.82) is 0 Å². The van der Waals surface area contributed by atoms with Crippen LogP contribution in [0.25, 0.3) is 11.3 Å². The first-order chi connectivity index (χ1) is 11.3. The van der Waals surface area contributed by atoms with Gasteiger partial charge in [-0.2, -0.15) is 0 Å². The van der Waals surface area contributed by atoms with Crippen LogP contribution in [0.5, 0.6) is 11.5 Å². The highest BCUT2D eigenvalue weighted by Crippen LogP contribution is 2.33. The van der Waals surface area contributed by atoms with E-state index < -0.39 is 0 Å². The number of nitrogens with zero attached hydrogens (tertiary/aromatic N) is 2. The van der Waals surface area contributed by atoms with Crippen molar-refractivity contribution in [3.8, 4) is 22.8 Å². The Labute approximate surface area is 140 Å². The van der Waals surface area contributed by atoms with Crippen LogP contribution in [0.2, 0.25) is 0 Å². The first kappa shape index (κ1) is 15.8. The van der Waals surface area contributed by atoms with Crippen LogP contribution in [0.15, 0.2) is 28.6 Å². The van der Waals surface area contributed by atoms with Crippen LogP contribution in [-0.4, -0.2) is 31.6 Å². The van der Waals surface area contributed by atoms with Gasteiger partial charge in [0, 0.05) is 23.9 Å². The van der Waals surface area contributed by atoms with Gasteiger partial charge in [-0.15, -0.1) is 11.3 Å². The number of aromatic nitrogens is 1. The van der Waals surface area contributed by atoms with Gasteiger partial charge in [-0.05, 0) is 31.0 Å². The second-order valence-corrected chi connectivity index (χ2v) is 6.23. The van der Waals surface area contributed by atoms with Crippen molar-refractivity contribution >= 4 is 22.3 Å². The van der Waals surface area contributed by atoms with Crippen LogP contribution in [0, 0.1) is 0 Å². The lowest BCUT2D eigenvalue weighted by Crippen LogP contribution is -2.11. The molecular weight excluding hydrogens is 310 g/mol. The zero-order valence-electron chi connectivity index (χ0n) is 13.5. The van der Waals surface area contributed by atoms with Crippen molar-refractivity contribution in [2.24, 2.45) is 4.99 Å². The summed E-state index contributed by atoms with van der Waals surface area (Å²) in [5, 5.41) is 6.29. The van der Waals surface area contributed by atoms with E-state index in [2.05, 4.69) is 15.3 Å². The number of hydrogen-bond acceptors (Lipinski definition) is 6. The molecule has 0 radical (unpaired) electrons. The van der Waals surface area contributed by atoms with E-state index in [0.29, 0.717) is 5.75 Å². The maximum atomic E-state index is 5.36. The molecule has 1 aliphatic heterocycles. The number of amidine groups is 1. The van der Waals surface area contributed by atoms with Crippen molar-refractivity contribution in [2.75, 3.05) is 26.1 Å². The lowest BCUT2D eigenvalue weighted by Gasteiger charge is -2.08. The minimum absolute atomic E-state index is 0.709. The van der Waals surface area contributed by atoms with Crippen LogP contribution >= 0.6 is 11.3 Å². The van der Waals surface area contributed by atoms with Gasteiger partial charge in [0.1, 0.15) is 5.84 Å². The molecule has 3 rings (SSSR count). The van der Waals surface area contributed by atoms with Crippen LogP contribution in [-0.2, 0) is 0 Å². The Hall–Kier alpha value is -2.08. The van der Waals surface area contributed by atoms with Gasteiger partial charge in [-0.3, -0.25) is 4.99 Å². The number of nitrogens with one attached hydrogen (secondary N) is 1. The Morgan fingerprint density at radius 1 is 1.09 bits per heavy atom. The second kappa shape index (κ2) is 7.46. The quantitative estimate of drug-likeness (QED) is 0.912. The first-order valence-corrected chi connectivity index (χ1v) is 8.66. The number of methoxy groups -OCH3 is 2. The minimum Gasteiger partial charge on any atom is -0.493 e. The molecule has 0 unspecified atom stereocenters. The normalized spacial score (nSPS) is 14.8. The van der Waals surface area contributed by atoms with Crippen molar-refractivity contribution < 1.29 is 9.47 Å². The van der Waals surface area contributed by atoms with Crippen molar-refractivity contribution in [1.82, 2.24) is 4.98 Å². The van der Waals surface area contributed by atoms with Crippen molar-refractivity contribution in [3.63, 3.8) is 0 Å². The van der Waals surface area contributed by atoms with Gasteiger partial charge in [0.25, 0.3) is 0 Å². The molecule has 23 heavy (non-hydrogen) atoms. The summed E-state index contributed by atoms with van der Waals surface area (Å²) in [6, 6.07) is 5.83. The molecule has 0 saturated carbocycles. The zero-order chi connectivity index (χ0) is 16.1. The van der Waals surface area contributed by atoms with Crippen molar-refractivity contribution in [2.45, 2.75) is 25.7 Å². The van der Waals surface area contributed by atoms with Gasteiger partial charge in [-0.25, -0.2) is 4.98 Å². The van der Waals surface area contributed by atoms with E-state index in [9.17, 15) is 0 Å². The zero-order valence-corrected chi connectivity index (χ0v) is 14.3. The van der Waals surface area contributed by atoms with Gasteiger partial charge in [-0.1, -0.05) is 6.42 Å². The fraction of sp³-hybridized carbons (Fsp3) is 0.412. The summed E-state index contributed by atoms with van der Waals surface area (Å²) in [6.45, 7) is 0.913. The Morgan fingerprint density at radius 3 is 2.78 bits per heavy atom. The largest absolute Gasteiger partial charge is 0.493 e. The third-order valence-electron chi connectivity index (χ3n) is 3.81. The predicted molar refractivity (Wildman–Crippen MR) is 95.0 cm³/mol. The molecule has 0 saturated heterocycles. The molecule has 0 amide bonds. The summed E-state index contributed by atoms with van der Waals surface area (Å²) >= 11 is 1.59. The van der Waals surface area contributed by atoms with Gasteiger partial charge in [0.2, 0.25) is 0 Å². The van der Waals surface area contributed by atoms with Gasteiger partial charge in [0.15, 0.2) is 16.6 Å². The topological polar surface area (TPSA) is 55.7 Å². The van der Waals surface area contributed by atoms with Crippen LogP contribution in [0.1, 0.15) is 25.7 Å². The molecule has 1 aliphatic rings. The smallest absolute Gasteiger partial charge is 0.188 e. The molecule has 0 aliphatic carbocycles. The molecule has 1 aromatic heterocycles. The maximum absolute atomic E-state index is 5.36. The number of aliphatic imine (C=N–C) groups is 1. The molecule has 2 aromatic rings. The van der Waals surface area contributed by atoms with Crippen LogP contribution in [0.3, 0.4) is 0 Å². The van der Waals surface area contributed by atoms with E-state index in [1.807, 2.05) is 23.6 Å². The van der Waals surface area contributed by atoms with E-state index in [0.717, 1.165) is 40.9 Å². The van der Waals surface area contributed by atoms with Gasteiger partial charge in [0.05, 0.1) is 19.9 Å². The summed E-state index contributed by atoms with van der Waals surface area (Å²) in [5.41, 5.74) is 1.93. The highest BCUT2D eigenvalue weighted by molar-refractivity contribution is 7.14. The fourth-order valence-corrected chi connectivity index (χ4v) is 3.30. The Bertz CT molecular complexity index is 697. The summed E-state index contributed by atoms with van der Waals surface area (Å²) in [7, 11) is 3.27. The molecular formula is C17H21N3O2S. The number of ether oxygens (including phenoxy) is 2. The average Bonchev–Trinajstić information content (AvgIpc) is 2.90. The second-order valence-electron chi connectivity index (χ2n) is 5.37. The molecule has 1 N–H and O–H groups in total. The number of anilines is 1. The molecule has 0 fully saturated rings. The SMILES string of the molecule is COc1ccc(-c2csc(NC3=NCCCCC3)n2)cc1OC. The first-order valence-electron chi connectivity index (χ1n) is 7.78. The number of hydrogen-bond donors (Lipinski definition) is 1. The molecule has 0 spiro atoms. The minimum atomic E-state index is 0.709. The highest BCUT2D eigenvalue weighted by Gasteiger charge is 2.11. The summed E-state index contributed by atoms with van der Waals surface area (Å²) < 4.78 is 10.6. The standard InChI is InChI=1S/C17H21N3O2S/c1-21-14-8-7-12(10-15(14)22-2)13-11-23-17(19-13)20-16-6-4-3-5-9-18-16/h7-8,10-11H,3-6,9H2,1-2H3,(H,18,19,20). The number of rotatable bonds is 4. The van der Waals surface area contributed by atoms with Crippen LogP contribution < -0.4 is 14.8 Å². The van der Waals surface area contributed by atoms with E-state index in [-0.39, 0.29) is 0 Å². The Kier molecular flexibility index (Phi) is 5.12. The fourth-order valence-electron chi connectivity index (χ4n) is 2.56. The Balaban J connectivity index is 1.77. The predicted octanol–water partition coefficient (Wildman–Crippen LogP) is 4.21. The van der Waals surface area contributed by atoms with E-state index in [1.54, 1.807) is 25.6 Å². The summed E-state index contributed by atoms with van der Waals surface area (Å²) in [6.07, 6.45) is 4.63. The molecule has 5 nitrogen and oxygen atoms in total. The average molecular weight is 331 g/mol. The lowest BCUT2D eigenvalue weighted by molar-refractivity contribution is 0.355.